The van der Waals surface area contributed by atoms with Gasteiger partial charge in [-0.05, 0) is 30.2 Å². The van der Waals surface area contributed by atoms with Crippen molar-refractivity contribution in [2.24, 2.45) is 0 Å². The maximum Gasteiger partial charge on any atom is 0.416 e. The highest BCUT2D eigenvalue weighted by atomic mass is 32.2. The summed E-state index contributed by atoms with van der Waals surface area (Å²) in [5.74, 6) is 1.11. The average Bonchev–Trinajstić information content (AvgIpc) is 2.83. The minimum atomic E-state index is -5.00. The van der Waals surface area contributed by atoms with Crippen LogP contribution in [-0.2, 0) is 12.4 Å². The molecule has 2 unspecified atom stereocenters. The van der Waals surface area contributed by atoms with Crippen molar-refractivity contribution in [3.8, 4) is 0 Å². The fraction of sp³-hybridized carbons (Fsp3) is 0.458. The van der Waals surface area contributed by atoms with E-state index in [4.69, 9.17) is 0 Å². The molecule has 2 aliphatic heterocycles. The Kier molecular flexibility index (Phi) is 7.19. The molecule has 0 spiro atoms. The zero-order valence-corrected chi connectivity index (χ0v) is 19.0. The van der Waals surface area contributed by atoms with E-state index in [1.54, 1.807) is 0 Å². The molecule has 2 atom stereocenters. The topological polar surface area (TPSA) is 23.6 Å². The van der Waals surface area contributed by atoms with Crippen LogP contribution in [0.1, 0.15) is 39.4 Å². The summed E-state index contributed by atoms with van der Waals surface area (Å²) in [6, 6.07) is 10.8. The number of carbonyl (C=O) groups is 1. The van der Waals surface area contributed by atoms with Crippen LogP contribution in [0, 0.1) is 0 Å². The molecule has 0 radical (unpaired) electrons. The third kappa shape index (κ3) is 5.54. The van der Waals surface area contributed by atoms with Gasteiger partial charge >= 0.3 is 12.4 Å². The molecule has 2 heterocycles. The van der Waals surface area contributed by atoms with Crippen molar-refractivity contribution in [1.82, 2.24) is 9.80 Å². The Balaban J connectivity index is 1.64. The fourth-order valence-electron chi connectivity index (χ4n) is 4.76. The number of hydrogen-bond donors (Lipinski definition) is 0. The average molecular weight is 503 g/mol. The maximum atomic E-state index is 13.3. The number of amides is 1. The van der Waals surface area contributed by atoms with E-state index in [2.05, 4.69) is 4.90 Å². The summed E-state index contributed by atoms with van der Waals surface area (Å²) in [7, 11) is 0. The lowest BCUT2D eigenvalue weighted by Gasteiger charge is -2.45. The van der Waals surface area contributed by atoms with E-state index in [0.29, 0.717) is 18.6 Å². The monoisotopic (exact) mass is 502 g/mol. The normalized spacial score (nSPS) is 22.6. The highest BCUT2D eigenvalue weighted by Gasteiger charge is 2.40. The van der Waals surface area contributed by atoms with Gasteiger partial charge in [0.15, 0.2) is 0 Å². The third-order valence-corrected chi connectivity index (χ3v) is 7.38. The largest absolute Gasteiger partial charge is 0.416 e. The molecule has 2 fully saturated rings. The number of carbonyl (C=O) groups excluding carboxylic acids is 1. The van der Waals surface area contributed by atoms with Gasteiger partial charge in [-0.2, -0.15) is 38.1 Å². The van der Waals surface area contributed by atoms with Crippen LogP contribution in [-0.4, -0.2) is 59.4 Å². The molecular formula is C24H24F6N2OS. The summed E-state index contributed by atoms with van der Waals surface area (Å²) in [6.45, 7) is 2.33. The van der Waals surface area contributed by atoms with Gasteiger partial charge in [-0.3, -0.25) is 9.69 Å². The number of benzene rings is 2. The number of thioether (sulfide) groups is 1. The van der Waals surface area contributed by atoms with Gasteiger partial charge < -0.3 is 4.90 Å². The van der Waals surface area contributed by atoms with Crippen LogP contribution in [0.5, 0.6) is 0 Å². The molecule has 0 aliphatic carbocycles. The molecule has 3 nitrogen and oxygen atoms in total. The summed E-state index contributed by atoms with van der Waals surface area (Å²) in [5.41, 5.74) is -2.55. The number of piperidine rings is 1. The Morgan fingerprint density at radius 1 is 0.853 bits per heavy atom. The fourth-order valence-corrected chi connectivity index (χ4v) is 5.69. The zero-order valence-electron chi connectivity index (χ0n) is 18.2. The standard InChI is InChI=1S/C24H24F6N2OS/c25-23(26,27)18-12-17(13-19(14-18)24(28,29)30)22(33)32-7-6-21(31-8-10-34-11-9-31)20(15-32)16-4-2-1-3-5-16/h1-5,12-14,20-21H,6-11,15H2. The molecule has 2 saturated heterocycles. The first kappa shape index (κ1) is 24.9. The Bertz CT molecular complexity index is 973. The van der Waals surface area contributed by atoms with Gasteiger partial charge in [0.2, 0.25) is 0 Å². The summed E-state index contributed by atoms with van der Waals surface area (Å²) in [6.07, 6.45) is -9.40. The van der Waals surface area contributed by atoms with Crippen LogP contribution in [0.2, 0.25) is 0 Å². The number of nitrogens with zero attached hydrogens (tertiary/aromatic N) is 2. The smallest absolute Gasteiger partial charge is 0.338 e. The maximum absolute atomic E-state index is 13.3. The van der Waals surface area contributed by atoms with Crippen molar-refractivity contribution < 1.29 is 31.1 Å². The number of rotatable bonds is 3. The van der Waals surface area contributed by atoms with Crippen LogP contribution in [0.25, 0.3) is 0 Å². The van der Waals surface area contributed by atoms with E-state index in [1.807, 2.05) is 42.1 Å². The molecule has 34 heavy (non-hydrogen) atoms. The van der Waals surface area contributed by atoms with Crippen molar-refractivity contribution in [3.05, 3.63) is 70.8 Å². The second-order valence-electron chi connectivity index (χ2n) is 8.57. The predicted octanol–water partition coefficient (Wildman–Crippen LogP) is 5.77. The van der Waals surface area contributed by atoms with E-state index in [1.165, 1.54) is 4.90 Å². The first-order valence-corrected chi connectivity index (χ1v) is 12.1. The van der Waals surface area contributed by atoms with Crippen molar-refractivity contribution in [1.29, 1.82) is 0 Å². The molecule has 2 aromatic rings. The second kappa shape index (κ2) is 9.81. The molecule has 10 heteroatoms. The van der Waals surface area contributed by atoms with Gasteiger partial charge in [0.05, 0.1) is 11.1 Å². The van der Waals surface area contributed by atoms with Crippen LogP contribution >= 0.6 is 11.8 Å². The summed E-state index contributed by atoms with van der Waals surface area (Å²) in [4.78, 5) is 17.0. The number of hydrogen-bond acceptors (Lipinski definition) is 3. The number of likely N-dealkylation sites (tertiary alicyclic amines) is 1. The van der Waals surface area contributed by atoms with Crippen LogP contribution in [0.15, 0.2) is 48.5 Å². The van der Waals surface area contributed by atoms with E-state index in [-0.39, 0.29) is 31.1 Å². The molecule has 4 rings (SSSR count). The van der Waals surface area contributed by atoms with Crippen molar-refractivity contribution in [2.45, 2.75) is 30.7 Å². The molecule has 1 amide bonds. The summed E-state index contributed by atoms with van der Waals surface area (Å²) < 4.78 is 79.7. The molecule has 0 N–H and O–H groups in total. The lowest BCUT2D eigenvalue weighted by Crippen LogP contribution is -2.53. The molecule has 0 aromatic heterocycles. The number of alkyl halides is 6. The lowest BCUT2D eigenvalue weighted by molar-refractivity contribution is -0.143. The van der Waals surface area contributed by atoms with Crippen LogP contribution in [0.3, 0.4) is 0 Å². The molecule has 2 aromatic carbocycles. The van der Waals surface area contributed by atoms with Crippen molar-refractivity contribution >= 4 is 17.7 Å². The molecule has 0 bridgehead atoms. The minimum Gasteiger partial charge on any atom is -0.338 e. The predicted molar refractivity (Wildman–Crippen MR) is 119 cm³/mol. The highest BCUT2D eigenvalue weighted by Crippen LogP contribution is 2.38. The molecule has 2 aliphatic rings. The first-order chi connectivity index (χ1) is 16.0. The highest BCUT2D eigenvalue weighted by molar-refractivity contribution is 7.99. The summed E-state index contributed by atoms with van der Waals surface area (Å²) >= 11 is 1.88. The Hall–Kier alpha value is -2.20. The third-order valence-electron chi connectivity index (χ3n) is 6.44. The van der Waals surface area contributed by atoms with Gasteiger partial charge in [-0.25, -0.2) is 0 Å². The second-order valence-corrected chi connectivity index (χ2v) is 9.79. The summed E-state index contributed by atoms with van der Waals surface area (Å²) in [5, 5.41) is 0. The van der Waals surface area contributed by atoms with Crippen molar-refractivity contribution in [3.63, 3.8) is 0 Å². The van der Waals surface area contributed by atoms with E-state index in [0.717, 1.165) is 30.2 Å². The van der Waals surface area contributed by atoms with Crippen molar-refractivity contribution in [2.75, 3.05) is 37.7 Å². The van der Waals surface area contributed by atoms with Crippen LogP contribution < -0.4 is 0 Å². The number of halogens is 6. The SMILES string of the molecule is O=C(c1cc(C(F)(F)F)cc(C(F)(F)F)c1)N1CCC(N2CCSCC2)C(c2ccccc2)C1. The van der Waals surface area contributed by atoms with Crippen LogP contribution in [0.4, 0.5) is 26.3 Å². The van der Waals surface area contributed by atoms with Gasteiger partial charge in [-0.15, -0.1) is 0 Å². The Morgan fingerprint density at radius 2 is 1.44 bits per heavy atom. The quantitative estimate of drug-likeness (QED) is 0.498. The van der Waals surface area contributed by atoms with Gasteiger partial charge in [-0.1, -0.05) is 30.3 Å². The first-order valence-electron chi connectivity index (χ1n) is 11.0. The van der Waals surface area contributed by atoms with Gasteiger partial charge in [0.25, 0.3) is 5.91 Å². The molecule has 0 saturated carbocycles. The van der Waals surface area contributed by atoms with Gasteiger partial charge in [0.1, 0.15) is 0 Å². The molecule has 184 valence electrons. The Labute approximate surface area is 198 Å². The van der Waals surface area contributed by atoms with E-state index in [9.17, 15) is 31.1 Å². The minimum absolute atomic E-state index is 0.0458. The molecular weight excluding hydrogens is 478 g/mol. The van der Waals surface area contributed by atoms with E-state index >= 15 is 0 Å². The van der Waals surface area contributed by atoms with Gasteiger partial charge in [0, 0.05) is 55.2 Å². The van der Waals surface area contributed by atoms with E-state index < -0.39 is 35.0 Å². The lowest BCUT2D eigenvalue weighted by atomic mass is 9.84. The zero-order chi connectivity index (χ0) is 24.5. The Morgan fingerprint density at radius 3 is 2.00 bits per heavy atom.